The molecule has 2 N–H and O–H groups in total. The highest BCUT2D eigenvalue weighted by atomic mass is 16.6. The third-order valence-electron chi connectivity index (χ3n) is 7.72. The van der Waals surface area contributed by atoms with Crippen LogP contribution in [0.3, 0.4) is 0 Å². The lowest BCUT2D eigenvalue weighted by Crippen LogP contribution is -2.54. The number of piperidine rings is 2. The largest absolute Gasteiger partial charge is 0.444 e. The van der Waals surface area contributed by atoms with Crippen LogP contribution in [0, 0.1) is 0 Å². The number of likely N-dealkylation sites (tertiary alicyclic amines) is 1. The molecule has 3 fully saturated rings. The molecule has 4 rings (SSSR count). The fourth-order valence-corrected chi connectivity index (χ4v) is 5.79. The van der Waals surface area contributed by atoms with E-state index in [1.165, 1.54) is 0 Å². The Hall–Kier alpha value is -4.04. The van der Waals surface area contributed by atoms with Gasteiger partial charge in [0.2, 0.25) is 5.96 Å². The second kappa shape index (κ2) is 14.0. The van der Waals surface area contributed by atoms with Crippen molar-refractivity contribution in [3.8, 4) is 0 Å². The molecule has 15 nitrogen and oxygen atoms in total. The van der Waals surface area contributed by atoms with Crippen molar-refractivity contribution in [2.24, 2.45) is 4.99 Å². The molecule has 1 unspecified atom stereocenters. The highest BCUT2D eigenvalue weighted by molar-refractivity contribution is 5.99. The monoisotopic (exact) mass is 661 g/mol. The standard InChI is InChI=1S/C32H51N7O8/c1-30(2,3)44-27(41)34-25(35-28(42)45-31(4,5)6)37-15-12-21(13-16-37)38(29(43)46-32(7,8)9)17-14-22-18-23(36-47-22)24-11-10-20-19-39(24)26(40)33-20/h18,20-21,24H,10-17,19H2,1-9H3,(H,33,40)(H,34,35,41,42)/t20?,24-/m0/s1. The molecule has 2 bridgehead atoms. The van der Waals surface area contributed by atoms with E-state index in [-0.39, 0.29) is 30.1 Å². The van der Waals surface area contributed by atoms with Crippen molar-refractivity contribution in [3.05, 3.63) is 17.5 Å². The van der Waals surface area contributed by atoms with Crippen LogP contribution in [0.2, 0.25) is 0 Å². The molecule has 262 valence electrons. The first-order valence-electron chi connectivity index (χ1n) is 16.4. The highest BCUT2D eigenvalue weighted by Gasteiger charge is 2.40. The Bertz CT molecular complexity index is 1330. The third kappa shape index (κ3) is 10.5. The van der Waals surface area contributed by atoms with Crippen LogP contribution in [0.5, 0.6) is 0 Å². The Morgan fingerprint density at radius 2 is 1.62 bits per heavy atom. The zero-order valence-corrected chi connectivity index (χ0v) is 29.2. The van der Waals surface area contributed by atoms with E-state index in [0.29, 0.717) is 56.9 Å². The van der Waals surface area contributed by atoms with Crippen LogP contribution in [0.1, 0.15) is 105 Å². The van der Waals surface area contributed by atoms with Gasteiger partial charge >= 0.3 is 24.3 Å². The molecule has 0 aliphatic carbocycles. The summed E-state index contributed by atoms with van der Waals surface area (Å²) in [5, 5.41) is 9.87. The Kier molecular flexibility index (Phi) is 10.7. The lowest BCUT2D eigenvalue weighted by Gasteiger charge is -2.39. The van der Waals surface area contributed by atoms with E-state index in [1.54, 1.807) is 56.2 Å². The molecule has 3 aliphatic heterocycles. The molecule has 0 spiro atoms. The number of rotatable bonds is 5. The van der Waals surface area contributed by atoms with Crippen molar-refractivity contribution >= 4 is 30.3 Å². The SMILES string of the molecule is CC(C)(C)OC(=O)/N=C(\NC(=O)OC(C)(C)C)N1CCC(N(CCc2cc([C@@H]3CCC4CN3C(=O)N4)no2)C(=O)OC(C)(C)C)CC1. The van der Waals surface area contributed by atoms with Crippen LogP contribution in [-0.4, -0.2) is 105 Å². The fraction of sp³-hybridized carbons (Fsp3) is 0.750. The Morgan fingerprint density at radius 3 is 2.23 bits per heavy atom. The maximum absolute atomic E-state index is 13.5. The lowest BCUT2D eigenvalue weighted by molar-refractivity contribution is 0.0105. The number of amides is 5. The average molecular weight is 662 g/mol. The third-order valence-corrected chi connectivity index (χ3v) is 7.72. The van der Waals surface area contributed by atoms with E-state index in [4.69, 9.17) is 18.7 Å². The Labute approximate surface area is 276 Å². The van der Waals surface area contributed by atoms with E-state index in [0.717, 1.165) is 12.8 Å². The average Bonchev–Trinajstić information content (AvgIpc) is 3.50. The molecule has 0 radical (unpaired) electrons. The predicted molar refractivity (Wildman–Crippen MR) is 172 cm³/mol. The number of aromatic nitrogens is 1. The molecule has 1 aromatic rings. The number of alkyl carbamates (subject to hydrolysis) is 1. The number of nitrogens with one attached hydrogen (secondary N) is 2. The highest BCUT2D eigenvalue weighted by Crippen LogP contribution is 2.34. The maximum atomic E-state index is 13.5. The summed E-state index contributed by atoms with van der Waals surface area (Å²) in [4.78, 5) is 60.4. The van der Waals surface area contributed by atoms with Gasteiger partial charge in [-0.3, -0.25) is 5.32 Å². The molecule has 15 heteroatoms. The molecule has 47 heavy (non-hydrogen) atoms. The number of carbonyl (C=O) groups excluding carboxylic acids is 4. The normalized spacial score (nSPS) is 20.9. The van der Waals surface area contributed by atoms with Gasteiger partial charge in [-0.05, 0) is 88.0 Å². The number of guanidine groups is 1. The van der Waals surface area contributed by atoms with Crippen molar-refractivity contribution in [1.29, 1.82) is 0 Å². The van der Waals surface area contributed by atoms with Crippen molar-refractivity contribution in [2.75, 3.05) is 26.2 Å². The molecular formula is C32H51N7O8. The van der Waals surface area contributed by atoms with E-state index >= 15 is 0 Å². The summed E-state index contributed by atoms with van der Waals surface area (Å²) in [6.45, 7) is 17.6. The molecule has 0 saturated carbocycles. The van der Waals surface area contributed by atoms with Crippen LogP contribution in [0.25, 0.3) is 0 Å². The molecule has 4 heterocycles. The van der Waals surface area contributed by atoms with Gasteiger partial charge in [-0.1, -0.05) is 5.16 Å². The summed E-state index contributed by atoms with van der Waals surface area (Å²) in [6, 6.07) is 1.64. The first kappa shape index (κ1) is 35.8. The van der Waals surface area contributed by atoms with Crippen molar-refractivity contribution < 1.29 is 37.9 Å². The van der Waals surface area contributed by atoms with Gasteiger partial charge in [-0.25, -0.2) is 19.2 Å². The first-order chi connectivity index (χ1) is 21.8. The van der Waals surface area contributed by atoms with Gasteiger partial charge in [-0.2, -0.15) is 0 Å². The number of urea groups is 1. The zero-order valence-electron chi connectivity index (χ0n) is 29.2. The van der Waals surface area contributed by atoms with Gasteiger partial charge in [0.1, 0.15) is 28.3 Å². The molecular weight excluding hydrogens is 610 g/mol. The summed E-state index contributed by atoms with van der Waals surface area (Å²) >= 11 is 0. The van der Waals surface area contributed by atoms with Gasteiger partial charge in [0.15, 0.2) is 0 Å². The summed E-state index contributed by atoms with van der Waals surface area (Å²) in [6.07, 6.45) is 1.08. The molecule has 1 aromatic heterocycles. The fourth-order valence-electron chi connectivity index (χ4n) is 5.79. The summed E-state index contributed by atoms with van der Waals surface area (Å²) < 4.78 is 22.2. The molecule has 0 aromatic carbocycles. The number of carbonyl (C=O) groups is 4. The van der Waals surface area contributed by atoms with Gasteiger partial charge in [0, 0.05) is 50.7 Å². The minimum Gasteiger partial charge on any atom is -0.444 e. The summed E-state index contributed by atoms with van der Waals surface area (Å²) in [5.74, 6) is 0.631. The van der Waals surface area contributed by atoms with Crippen molar-refractivity contribution in [3.63, 3.8) is 0 Å². The van der Waals surface area contributed by atoms with Gasteiger partial charge in [0.25, 0.3) is 0 Å². The molecule has 2 atom stereocenters. The minimum absolute atomic E-state index is 0.0191. The van der Waals surface area contributed by atoms with Crippen LogP contribution < -0.4 is 10.6 Å². The molecule has 3 saturated heterocycles. The number of fused-ring (bicyclic) bond motifs is 2. The van der Waals surface area contributed by atoms with E-state index in [9.17, 15) is 19.2 Å². The van der Waals surface area contributed by atoms with Crippen LogP contribution in [0.15, 0.2) is 15.6 Å². The maximum Gasteiger partial charge on any atom is 0.437 e. The first-order valence-corrected chi connectivity index (χ1v) is 16.4. The second-order valence-corrected chi connectivity index (χ2v) is 15.3. The Morgan fingerprint density at radius 1 is 0.979 bits per heavy atom. The minimum atomic E-state index is -0.842. The van der Waals surface area contributed by atoms with E-state index in [2.05, 4.69) is 20.8 Å². The van der Waals surface area contributed by atoms with E-state index < -0.39 is 35.1 Å². The summed E-state index contributed by atoms with van der Waals surface area (Å²) in [7, 11) is 0. The van der Waals surface area contributed by atoms with Gasteiger partial charge in [-0.15, -0.1) is 4.99 Å². The summed E-state index contributed by atoms with van der Waals surface area (Å²) in [5.41, 5.74) is -1.52. The quantitative estimate of drug-likeness (QED) is 0.250. The number of aliphatic imine (C=N–C) groups is 1. The van der Waals surface area contributed by atoms with Crippen molar-refractivity contribution in [2.45, 2.75) is 129 Å². The predicted octanol–water partition coefficient (Wildman–Crippen LogP) is 4.96. The lowest BCUT2D eigenvalue weighted by atomic mass is 9.98. The van der Waals surface area contributed by atoms with Crippen LogP contribution in [0.4, 0.5) is 19.2 Å². The number of nitrogens with zero attached hydrogens (tertiary/aromatic N) is 5. The smallest absolute Gasteiger partial charge is 0.437 e. The molecule has 5 amide bonds. The zero-order chi connectivity index (χ0) is 34.7. The van der Waals surface area contributed by atoms with E-state index in [1.807, 2.05) is 26.8 Å². The second-order valence-electron chi connectivity index (χ2n) is 15.3. The topological polar surface area (TPSA) is 168 Å². The number of hydrogen-bond donors (Lipinski definition) is 2. The van der Waals surface area contributed by atoms with Crippen LogP contribution >= 0.6 is 0 Å². The molecule has 3 aliphatic rings. The van der Waals surface area contributed by atoms with Gasteiger partial charge in [0.05, 0.1) is 6.04 Å². The van der Waals surface area contributed by atoms with Crippen molar-refractivity contribution in [1.82, 2.24) is 30.5 Å². The number of hydrogen-bond acceptors (Lipinski definition) is 9. The number of ether oxygens (including phenoxy) is 3. The van der Waals surface area contributed by atoms with Gasteiger partial charge < -0.3 is 38.8 Å². The van der Waals surface area contributed by atoms with Crippen LogP contribution in [-0.2, 0) is 20.6 Å². The Balaban J connectivity index is 1.44.